The molecule has 1 heterocycles. The smallest absolute Gasteiger partial charge is 0.112 e. The Bertz CT molecular complexity index is 505. The number of hydrogen-bond acceptors (Lipinski definition) is 2. The van der Waals surface area contributed by atoms with E-state index in [1.54, 1.807) is 0 Å². The van der Waals surface area contributed by atoms with E-state index < -0.39 is 0 Å². The van der Waals surface area contributed by atoms with Crippen LogP contribution < -0.4 is 5.32 Å². The van der Waals surface area contributed by atoms with Crippen molar-refractivity contribution in [3.8, 4) is 5.69 Å². The van der Waals surface area contributed by atoms with Crippen LogP contribution in [0.25, 0.3) is 5.69 Å². The van der Waals surface area contributed by atoms with Gasteiger partial charge in [0.1, 0.15) is 5.82 Å². The van der Waals surface area contributed by atoms with Crippen LogP contribution in [-0.2, 0) is 13.0 Å². The van der Waals surface area contributed by atoms with Gasteiger partial charge in [-0.2, -0.15) is 0 Å². The van der Waals surface area contributed by atoms with E-state index in [0.717, 1.165) is 29.5 Å². The minimum absolute atomic E-state index is 0.761. The summed E-state index contributed by atoms with van der Waals surface area (Å²) < 4.78 is 2.11. The van der Waals surface area contributed by atoms with Crippen LogP contribution in [0.1, 0.15) is 18.3 Å². The molecule has 17 heavy (non-hydrogen) atoms. The fourth-order valence-corrected chi connectivity index (χ4v) is 2.13. The molecule has 0 radical (unpaired) electrons. The van der Waals surface area contributed by atoms with Crippen LogP contribution in [0.2, 0.25) is 5.02 Å². The Hall–Kier alpha value is -1.32. The molecule has 0 spiro atoms. The zero-order valence-corrected chi connectivity index (χ0v) is 10.8. The number of halogens is 1. The van der Waals surface area contributed by atoms with E-state index in [1.807, 2.05) is 37.6 Å². The van der Waals surface area contributed by atoms with Crippen molar-refractivity contribution >= 4 is 11.6 Å². The van der Waals surface area contributed by atoms with Gasteiger partial charge in [0.2, 0.25) is 0 Å². The fourth-order valence-electron chi connectivity index (χ4n) is 1.94. The van der Waals surface area contributed by atoms with Crippen molar-refractivity contribution in [2.45, 2.75) is 19.9 Å². The number of nitrogens with one attached hydrogen (secondary N) is 1. The highest BCUT2D eigenvalue weighted by Gasteiger charge is 2.08. The van der Waals surface area contributed by atoms with Crippen LogP contribution >= 0.6 is 11.6 Å². The second-order valence-corrected chi connectivity index (χ2v) is 4.31. The maximum Gasteiger partial charge on any atom is 0.112 e. The summed E-state index contributed by atoms with van der Waals surface area (Å²) in [7, 11) is 1.93. The molecule has 3 nitrogen and oxygen atoms in total. The Morgan fingerprint density at radius 2 is 2.24 bits per heavy atom. The maximum atomic E-state index is 6.03. The summed E-state index contributed by atoms with van der Waals surface area (Å²) in [4.78, 5) is 4.34. The molecule has 0 atom stereocenters. The first kappa shape index (κ1) is 12.1. The highest BCUT2D eigenvalue weighted by atomic mass is 35.5. The van der Waals surface area contributed by atoms with Crippen LogP contribution in [0.3, 0.4) is 0 Å². The molecule has 1 aromatic carbocycles. The second-order valence-electron chi connectivity index (χ2n) is 3.87. The normalized spacial score (nSPS) is 10.8. The van der Waals surface area contributed by atoms with Gasteiger partial charge in [0.05, 0.1) is 5.69 Å². The number of benzene rings is 1. The predicted octanol–water partition coefficient (Wildman–Crippen LogP) is 2.81. The molecule has 4 heteroatoms. The summed E-state index contributed by atoms with van der Waals surface area (Å²) in [6, 6.07) is 5.94. The highest BCUT2D eigenvalue weighted by Crippen LogP contribution is 2.21. The van der Waals surface area contributed by atoms with Crippen LogP contribution in [0.5, 0.6) is 0 Å². The summed E-state index contributed by atoms with van der Waals surface area (Å²) in [6.07, 6.45) is 4.73. The fraction of sp³-hybridized carbons (Fsp3) is 0.308. The molecule has 90 valence electrons. The van der Waals surface area contributed by atoms with Gasteiger partial charge >= 0.3 is 0 Å². The molecular weight excluding hydrogens is 234 g/mol. The number of hydrogen-bond donors (Lipinski definition) is 1. The average molecular weight is 250 g/mol. The van der Waals surface area contributed by atoms with Gasteiger partial charge in [-0.3, -0.25) is 0 Å². The van der Waals surface area contributed by atoms with E-state index in [0.29, 0.717) is 0 Å². The van der Waals surface area contributed by atoms with Gasteiger partial charge < -0.3 is 9.88 Å². The average Bonchev–Trinajstić information content (AvgIpc) is 2.78. The Morgan fingerprint density at radius 3 is 2.94 bits per heavy atom. The molecule has 1 aromatic heterocycles. The summed E-state index contributed by atoms with van der Waals surface area (Å²) >= 11 is 6.03. The lowest BCUT2D eigenvalue weighted by Crippen LogP contribution is -2.10. The monoisotopic (exact) mass is 249 g/mol. The van der Waals surface area contributed by atoms with Crippen LogP contribution in [0.15, 0.2) is 30.6 Å². The molecule has 0 aliphatic heterocycles. The number of aromatic nitrogens is 2. The Kier molecular flexibility index (Phi) is 3.82. The van der Waals surface area contributed by atoms with Crippen molar-refractivity contribution in [2.75, 3.05) is 7.05 Å². The van der Waals surface area contributed by atoms with Crippen molar-refractivity contribution < 1.29 is 0 Å². The van der Waals surface area contributed by atoms with Gasteiger partial charge in [0.15, 0.2) is 0 Å². The molecule has 2 aromatic rings. The van der Waals surface area contributed by atoms with Gasteiger partial charge in [-0.05, 0) is 30.8 Å². The Morgan fingerprint density at radius 1 is 1.41 bits per heavy atom. The molecule has 0 unspecified atom stereocenters. The molecule has 0 fully saturated rings. The first-order valence-electron chi connectivity index (χ1n) is 5.72. The van der Waals surface area contributed by atoms with E-state index in [9.17, 15) is 0 Å². The van der Waals surface area contributed by atoms with Gasteiger partial charge in [-0.25, -0.2) is 4.98 Å². The molecule has 2 rings (SSSR count). The minimum atomic E-state index is 0.761. The lowest BCUT2D eigenvalue weighted by molar-refractivity contribution is 0.798. The van der Waals surface area contributed by atoms with Crippen molar-refractivity contribution in [3.63, 3.8) is 0 Å². The topological polar surface area (TPSA) is 29.9 Å². The van der Waals surface area contributed by atoms with Gasteiger partial charge in [-0.1, -0.05) is 18.5 Å². The number of aryl methyl sites for hydroxylation is 1. The molecular formula is C13H16ClN3. The molecule has 0 aliphatic carbocycles. The van der Waals surface area contributed by atoms with Crippen molar-refractivity contribution in [1.29, 1.82) is 0 Å². The molecule has 0 aliphatic rings. The maximum absolute atomic E-state index is 6.03. The zero-order valence-electron chi connectivity index (χ0n) is 10.1. The second kappa shape index (κ2) is 5.34. The third-order valence-corrected chi connectivity index (χ3v) is 2.94. The molecule has 0 saturated heterocycles. The predicted molar refractivity (Wildman–Crippen MR) is 70.7 cm³/mol. The Labute approximate surface area is 106 Å². The van der Waals surface area contributed by atoms with Gasteiger partial charge in [0, 0.05) is 30.4 Å². The van der Waals surface area contributed by atoms with Crippen LogP contribution in [0, 0.1) is 0 Å². The molecule has 0 bridgehead atoms. The van der Waals surface area contributed by atoms with Gasteiger partial charge in [0.25, 0.3) is 0 Å². The Balaban J connectivity index is 2.50. The highest BCUT2D eigenvalue weighted by molar-refractivity contribution is 6.30. The number of nitrogens with zero attached hydrogens (tertiary/aromatic N) is 2. The molecule has 0 saturated carbocycles. The zero-order chi connectivity index (χ0) is 12.3. The summed E-state index contributed by atoms with van der Waals surface area (Å²) in [5.74, 6) is 1.06. The molecule has 0 amide bonds. The lowest BCUT2D eigenvalue weighted by Gasteiger charge is -2.12. The first-order chi connectivity index (χ1) is 8.26. The summed E-state index contributed by atoms with van der Waals surface area (Å²) in [5.41, 5.74) is 2.31. The summed E-state index contributed by atoms with van der Waals surface area (Å²) in [6.45, 7) is 2.89. The summed E-state index contributed by atoms with van der Waals surface area (Å²) in [5, 5.41) is 3.92. The number of imidazole rings is 1. The van der Waals surface area contributed by atoms with E-state index in [-0.39, 0.29) is 0 Å². The SMILES string of the molecule is CCc1nccn1-c1ccc(Cl)cc1CNC. The standard InChI is InChI=1S/C13H16ClN3/c1-3-13-16-6-7-17(13)12-5-4-11(14)8-10(12)9-15-2/h4-8,15H,3,9H2,1-2H3. The third-order valence-electron chi connectivity index (χ3n) is 2.70. The van der Waals surface area contributed by atoms with E-state index in [1.165, 1.54) is 5.56 Å². The van der Waals surface area contributed by atoms with E-state index >= 15 is 0 Å². The third kappa shape index (κ3) is 2.51. The van der Waals surface area contributed by atoms with Crippen molar-refractivity contribution in [1.82, 2.24) is 14.9 Å². The van der Waals surface area contributed by atoms with Crippen molar-refractivity contribution in [2.24, 2.45) is 0 Å². The lowest BCUT2D eigenvalue weighted by atomic mass is 10.1. The van der Waals surface area contributed by atoms with E-state index in [4.69, 9.17) is 11.6 Å². The van der Waals surface area contributed by atoms with E-state index in [2.05, 4.69) is 21.8 Å². The van der Waals surface area contributed by atoms with Crippen molar-refractivity contribution in [3.05, 3.63) is 47.0 Å². The molecule has 1 N–H and O–H groups in total. The first-order valence-corrected chi connectivity index (χ1v) is 6.09. The largest absolute Gasteiger partial charge is 0.316 e. The van der Waals surface area contributed by atoms with Crippen LogP contribution in [0.4, 0.5) is 0 Å². The quantitative estimate of drug-likeness (QED) is 0.903. The number of rotatable bonds is 4. The van der Waals surface area contributed by atoms with Gasteiger partial charge in [-0.15, -0.1) is 0 Å². The van der Waals surface area contributed by atoms with Crippen LogP contribution in [-0.4, -0.2) is 16.6 Å². The minimum Gasteiger partial charge on any atom is -0.316 e.